The molecule has 3 unspecified atom stereocenters. The van der Waals surface area contributed by atoms with Crippen LogP contribution in [0.2, 0.25) is 0 Å². The first kappa shape index (κ1) is 17.9. The number of aromatic amines is 2. The van der Waals surface area contributed by atoms with Gasteiger partial charge in [0.05, 0.1) is 15.8 Å². The third-order valence-electron chi connectivity index (χ3n) is 5.60. The van der Waals surface area contributed by atoms with Gasteiger partial charge in [0.15, 0.2) is 0 Å². The van der Waals surface area contributed by atoms with E-state index in [1.54, 1.807) is 0 Å². The molecular formula is C17H19N3O6S. The van der Waals surface area contributed by atoms with Crippen LogP contribution in [0.25, 0.3) is 10.9 Å². The van der Waals surface area contributed by atoms with Gasteiger partial charge in [0.25, 0.3) is 5.56 Å². The second-order valence-electron chi connectivity index (χ2n) is 7.15. The van der Waals surface area contributed by atoms with Crippen molar-refractivity contribution in [3.63, 3.8) is 0 Å². The molecule has 27 heavy (non-hydrogen) atoms. The van der Waals surface area contributed by atoms with E-state index < -0.39 is 33.3 Å². The molecule has 10 heteroatoms. The van der Waals surface area contributed by atoms with Crippen LogP contribution in [0.15, 0.2) is 32.7 Å². The molecule has 0 radical (unpaired) electrons. The standard InChI is InChI=1S/C17H19N3O6S/c21-15-11-8-10(5-6-12(11)18-17(24)19-15)27(25,26)20-13-4-2-1-3-9(13)7-14(20)16(22)23/h5-6,8-9,13-14H,1-4,7H2,(H,22,23)(H2,18,19,21,24). The molecule has 4 rings (SSSR count). The molecule has 3 N–H and O–H groups in total. The van der Waals surface area contributed by atoms with E-state index in [9.17, 15) is 27.9 Å². The minimum Gasteiger partial charge on any atom is -0.480 e. The number of hydrogen-bond donors (Lipinski definition) is 3. The van der Waals surface area contributed by atoms with Crippen molar-refractivity contribution in [3.8, 4) is 0 Å². The van der Waals surface area contributed by atoms with Gasteiger partial charge in [-0.1, -0.05) is 12.8 Å². The SMILES string of the molecule is O=C(O)C1CC2CCCCC2N1S(=O)(=O)c1ccc2[nH]c(=O)[nH]c(=O)c2c1. The van der Waals surface area contributed by atoms with E-state index in [1.165, 1.54) is 18.2 Å². The smallest absolute Gasteiger partial charge is 0.326 e. The Morgan fingerprint density at radius 3 is 2.63 bits per heavy atom. The maximum Gasteiger partial charge on any atom is 0.326 e. The van der Waals surface area contributed by atoms with E-state index in [-0.39, 0.29) is 27.8 Å². The number of hydrogen-bond acceptors (Lipinski definition) is 5. The Labute approximate surface area is 154 Å². The number of rotatable bonds is 3. The number of carboxylic acids is 1. The Kier molecular flexibility index (Phi) is 4.19. The van der Waals surface area contributed by atoms with Gasteiger partial charge in [-0.15, -0.1) is 0 Å². The van der Waals surface area contributed by atoms with Crippen LogP contribution in [0.5, 0.6) is 0 Å². The number of carboxylic acid groups (broad SMARTS) is 1. The van der Waals surface area contributed by atoms with Crippen LogP contribution < -0.4 is 11.2 Å². The molecule has 144 valence electrons. The van der Waals surface area contributed by atoms with E-state index >= 15 is 0 Å². The van der Waals surface area contributed by atoms with E-state index in [0.717, 1.165) is 23.6 Å². The molecule has 0 amide bonds. The summed E-state index contributed by atoms with van der Waals surface area (Å²) in [6.45, 7) is 0. The van der Waals surface area contributed by atoms with Gasteiger partial charge in [-0.25, -0.2) is 13.2 Å². The molecule has 3 atom stereocenters. The van der Waals surface area contributed by atoms with Gasteiger partial charge < -0.3 is 10.1 Å². The molecule has 0 bridgehead atoms. The Morgan fingerprint density at radius 1 is 1.15 bits per heavy atom. The second kappa shape index (κ2) is 6.31. The van der Waals surface area contributed by atoms with Crippen LogP contribution in [0.4, 0.5) is 0 Å². The quantitative estimate of drug-likeness (QED) is 0.698. The predicted molar refractivity (Wildman–Crippen MR) is 96.0 cm³/mol. The molecular weight excluding hydrogens is 374 g/mol. The number of sulfonamides is 1. The van der Waals surface area contributed by atoms with Gasteiger partial charge in [-0.3, -0.25) is 14.6 Å². The Morgan fingerprint density at radius 2 is 1.89 bits per heavy atom. The van der Waals surface area contributed by atoms with Gasteiger partial charge in [-0.05, 0) is 43.4 Å². The normalized spacial score (nSPS) is 26.1. The number of H-pyrrole nitrogens is 2. The van der Waals surface area contributed by atoms with Crippen LogP contribution in [-0.4, -0.2) is 45.9 Å². The Hall–Kier alpha value is -2.46. The first-order chi connectivity index (χ1) is 12.8. The van der Waals surface area contributed by atoms with E-state index in [2.05, 4.69) is 9.97 Å². The van der Waals surface area contributed by atoms with Crippen molar-refractivity contribution in [1.82, 2.24) is 14.3 Å². The molecule has 0 spiro atoms. The number of nitrogens with one attached hydrogen (secondary N) is 2. The molecule has 1 aliphatic carbocycles. The van der Waals surface area contributed by atoms with Gasteiger partial charge >= 0.3 is 11.7 Å². The predicted octanol–water partition coefficient (Wildman–Crippen LogP) is 0.623. The molecule has 2 aromatic rings. The summed E-state index contributed by atoms with van der Waals surface area (Å²) in [6.07, 6.45) is 3.59. The average molecular weight is 393 g/mol. The monoisotopic (exact) mass is 393 g/mol. The van der Waals surface area contributed by atoms with Crippen molar-refractivity contribution in [1.29, 1.82) is 0 Å². The number of carbonyl (C=O) groups is 1. The zero-order chi connectivity index (χ0) is 19.3. The number of aromatic nitrogens is 2. The third kappa shape index (κ3) is 2.88. The van der Waals surface area contributed by atoms with E-state index in [0.29, 0.717) is 12.8 Å². The molecule has 1 aromatic heterocycles. The summed E-state index contributed by atoms with van der Waals surface area (Å²) in [6, 6.07) is 2.39. The highest BCUT2D eigenvalue weighted by molar-refractivity contribution is 7.89. The number of aliphatic carboxylic acids is 1. The molecule has 1 saturated carbocycles. The highest BCUT2D eigenvalue weighted by Crippen LogP contribution is 2.42. The van der Waals surface area contributed by atoms with Crippen molar-refractivity contribution < 1.29 is 18.3 Å². The van der Waals surface area contributed by atoms with E-state index in [1.807, 2.05) is 0 Å². The highest BCUT2D eigenvalue weighted by Gasteiger charge is 2.51. The van der Waals surface area contributed by atoms with Gasteiger partial charge in [0, 0.05) is 6.04 Å². The second-order valence-corrected chi connectivity index (χ2v) is 9.00. The fraction of sp³-hybridized carbons (Fsp3) is 0.471. The Balaban J connectivity index is 1.84. The largest absolute Gasteiger partial charge is 0.480 e. The summed E-state index contributed by atoms with van der Waals surface area (Å²) in [7, 11) is -4.11. The highest BCUT2D eigenvalue weighted by atomic mass is 32.2. The zero-order valence-corrected chi connectivity index (χ0v) is 15.2. The van der Waals surface area contributed by atoms with E-state index in [4.69, 9.17) is 0 Å². The van der Waals surface area contributed by atoms with Crippen LogP contribution >= 0.6 is 0 Å². The van der Waals surface area contributed by atoms with Crippen LogP contribution in [-0.2, 0) is 14.8 Å². The van der Waals surface area contributed by atoms with Crippen molar-refractivity contribution in [3.05, 3.63) is 39.0 Å². The van der Waals surface area contributed by atoms with Gasteiger partial charge in [0.1, 0.15) is 6.04 Å². The minimum atomic E-state index is -4.11. The lowest BCUT2D eigenvalue weighted by Gasteiger charge is -2.32. The van der Waals surface area contributed by atoms with Crippen molar-refractivity contribution in [2.75, 3.05) is 0 Å². The molecule has 2 heterocycles. The number of fused-ring (bicyclic) bond motifs is 2. The summed E-state index contributed by atoms with van der Waals surface area (Å²) >= 11 is 0. The fourth-order valence-corrected chi connectivity index (χ4v) is 6.30. The lowest BCUT2D eigenvalue weighted by atomic mass is 9.85. The minimum absolute atomic E-state index is 0.0296. The average Bonchev–Trinajstić information content (AvgIpc) is 3.02. The number of benzene rings is 1. The van der Waals surface area contributed by atoms with Gasteiger partial charge in [-0.2, -0.15) is 4.31 Å². The molecule has 2 fully saturated rings. The first-order valence-corrected chi connectivity index (χ1v) is 10.3. The molecule has 1 aliphatic heterocycles. The molecule has 9 nitrogen and oxygen atoms in total. The van der Waals surface area contributed by atoms with Crippen LogP contribution in [0.1, 0.15) is 32.1 Å². The van der Waals surface area contributed by atoms with Gasteiger partial charge in [0.2, 0.25) is 10.0 Å². The maximum atomic E-state index is 13.3. The maximum absolute atomic E-state index is 13.3. The van der Waals surface area contributed by atoms with Crippen LogP contribution in [0, 0.1) is 5.92 Å². The summed E-state index contributed by atoms with van der Waals surface area (Å²) in [5.74, 6) is -1.12. The fourth-order valence-electron chi connectivity index (χ4n) is 4.40. The summed E-state index contributed by atoms with van der Waals surface area (Å²) in [4.78, 5) is 39.5. The van der Waals surface area contributed by atoms with Crippen molar-refractivity contribution >= 4 is 26.9 Å². The summed E-state index contributed by atoms with van der Waals surface area (Å²) in [5, 5.41) is 9.62. The van der Waals surface area contributed by atoms with Crippen LogP contribution in [0.3, 0.4) is 0 Å². The van der Waals surface area contributed by atoms with Crippen molar-refractivity contribution in [2.45, 2.75) is 49.1 Å². The first-order valence-electron chi connectivity index (χ1n) is 8.82. The zero-order valence-electron chi connectivity index (χ0n) is 14.3. The summed E-state index contributed by atoms with van der Waals surface area (Å²) in [5.41, 5.74) is -1.16. The molecule has 1 saturated heterocycles. The lowest BCUT2D eigenvalue weighted by Crippen LogP contribution is -2.46. The summed E-state index contributed by atoms with van der Waals surface area (Å²) < 4.78 is 27.7. The van der Waals surface area contributed by atoms with Crippen molar-refractivity contribution in [2.24, 2.45) is 5.92 Å². The lowest BCUT2D eigenvalue weighted by molar-refractivity contribution is -0.141. The molecule has 2 aliphatic rings. The number of nitrogens with zero attached hydrogens (tertiary/aromatic N) is 1. The molecule has 1 aromatic carbocycles. The Bertz CT molecular complexity index is 1140. The third-order valence-corrected chi connectivity index (χ3v) is 7.53. The topological polar surface area (TPSA) is 140 Å².